The minimum absolute atomic E-state index is 0.221. The van der Waals surface area contributed by atoms with Gasteiger partial charge in [-0.15, -0.1) is 0 Å². The number of para-hydroxylation sites is 1. The van der Waals surface area contributed by atoms with Crippen LogP contribution in [-0.2, 0) is 6.42 Å². The van der Waals surface area contributed by atoms with Gasteiger partial charge in [0.25, 0.3) is 5.89 Å². The van der Waals surface area contributed by atoms with Gasteiger partial charge in [-0.25, -0.2) is 0 Å². The molecule has 0 saturated carbocycles. The minimum atomic E-state index is -0.221. The molecule has 0 fully saturated rings. The van der Waals surface area contributed by atoms with Crippen molar-refractivity contribution in [2.45, 2.75) is 58.6 Å². The molecule has 5 heteroatoms. The van der Waals surface area contributed by atoms with Crippen LogP contribution < -0.4 is 10.1 Å². The van der Waals surface area contributed by atoms with Crippen LogP contribution in [0.15, 0.2) is 28.8 Å². The number of likely N-dealkylation sites (N-methyl/N-ethyl adjacent to an activating group) is 1. The highest BCUT2D eigenvalue weighted by atomic mass is 16.5. The van der Waals surface area contributed by atoms with E-state index in [4.69, 9.17) is 9.26 Å². The molecule has 0 saturated heterocycles. The highest BCUT2D eigenvalue weighted by Crippen LogP contribution is 2.31. The van der Waals surface area contributed by atoms with Gasteiger partial charge >= 0.3 is 0 Å². The fourth-order valence-corrected chi connectivity index (χ4v) is 2.38. The third-order valence-corrected chi connectivity index (χ3v) is 3.92. The Labute approximate surface area is 138 Å². The molecule has 0 radical (unpaired) electrons. The largest absolute Gasteiger partial charge is 0.480 e. The number of aromatic nitrogens is 2. The first kappa shape index (κ1) is 17.5. The lowest BCUT2D eigenvalue weighted by molar-refractivity contribution is 0.152. The standard InChI is InChI=1S/C18H27N3O2/c1-6-15(18-20-17(21-23-18)11-13(4)19-5)22-16-10-8-7-9-14(16)12(2)3/h7-10,12-13,15,19H,6,11H2,1-5H3. The first-order chi connectivity index (χ1) is 11.0. The first-order valence-electron chi connectivity index (χ1n) is 8.30. The molecule has 0 amide bonds. The van der Waals surface area contributed by atoms with Gasteiger partial charge in [0.15, 0.2) is 11.9 Å². The van der Waals surface area contributed by atoms with E-state index in [1.165, 1.54) is 5.56 Å². The molecule has 0 aliphatic rings. The normalized spacial score (nSPS) is 14.0. The van der Waals surface area contributed by atoms with Crippen LogP contribution in [0.25, 0.3) is 0 Å². The molecular weight excluding hydrogens is 290 g/mol. The fraction of sp³-hybridized carbons (Fsp3) is 0.556. The third kappa shape index (κ3) is 4.55. The van der Waals surface area contributed by atoms with Crippen molar-refractivity contribution in [2.75, 3.05) is 7.05 Å². The molecule has 1 N–H and O–H groups in total. The van der Waals surface area contributed by atoms with Crippen LogP contribution in [0.5, 0.6) is 5.75 Å². The van der Waals surface area contributed by atoms with Gasteiger partial charge < -0.3 is 14.6 Å². The number of hydrogen-bond donors (Lipinski definition) is 1. The Hall–Kier alpha value is -1.88. The Morgan fingerprint density at radius 3 is 2.61 bits per heavy atom. The molecule has 23 heavy (non-hydrogen) atoms. The van der Waals surface area contributed by atoms with E-state index in [1.807, 2.05) is 25.2 Å². The molecule has 0 spiro atoms. The second-order valence-corrected chi connectivity index (χ2v) is 6.15. The van der Waals surface area contributed by atoms with Crippen molar-refractivity contribution in [2.24, 2.45) is 0 Å². The van der Waals surface area contributed by atoms with Crippen LogP contribution >= 0.6 is 0 Å². The van der Waals surface area contributed by atoms with E-state index in [-0.39, 0.29) is 6.10 Å². The van der Waals surface area contributed by atoms with Crippen LogP contribution in [0, 0.1) is 0 Å². The number of benzene rings is 1. The van der Waals surface area contributed by atoms with Crippen LogP contribution in [0.1, 0.15) is 63.4 Å². The number of hydrogen-bond acceptors (Lipinski definition) is 5. The summed E-state index contributed by atoms with van der Waals surface area (Å²) in [6.07, 6.45) is 1.29. The van der Waals surface area contributed by atoms with Crippen molar-refractivity contribution in [3.8, 4) is 5.75 Å². The molecule has 0 aliphatic heterocycles. The first-order valence-corrected chi connectivity index (χ1v) is 8.30. The van der Waals surface area contributed by atoms with Gasteiger partial charge in [0.2, 0.25) is 0 Å². The second kappa shape index (κ2) is 8.11. The van der Waals surface area contributed by atoms with E-state index in [0.717, 1.165) is 18.6 Å². The van der Waals surface area contributed by atoms with Crippen LogP contribution in [0.4, 0.5) is 0 Å². The monoisotopic (exact) mass is 317 g/mol. The molecular formula is C18H27N3O2. The highest BCUT2D eigenvalue weighted by molar-refractivity contribution is 5.35. The average Bonchev–Trinajstić information content (AvgIpc) is 3.00. The Balaban J connectivity index is 2.15. The van der Waals surface area contributed by atoms with Crippen molar-refractivity contribution in [3.63, 3.8) is 0 Å². The summed E-state index contributed by atoms with van der Waals surface area (Å²) in [6, 6.07) is 8.43. The van der Waals surface area contributed by atoms with Crippen molar-refractivity contribution in [3.05, 3.63) is 41.5 Å². The summed E-state index contributed by atoms with van der Waals surface area (Å²) in [6.45, 7) is 8.46. The fourth-order valence-electron chi connectivity index (χ4n) is 2.38. The maximum atomic E-state index is 6.17. The predicted octanol–water partition coefficient (Wildman–Crippen LogP) is 3.87. The van der Waals surface area contributed by atoms with Crippen molar-refractivity contribution in [1.82, 2.24) is 15.5 Å². The van der Waals surface area contributed by atoms with E-state index in [9.17, 15) is 0 Å². The molecule has 126 valence electrons. The van der Waals surface area contributed by atoms with Gasteiger partial charge in [-0.1, -0.05) is 44.1 Å². The molecule has 2 rings (SSSR count). The Kier molecular flexibility index (Phi) is 6.16. The summed E-state index contributed by atoms with van der Waals surface area (Å²) in [5, 5.41) is 7.24. The zero-order chi connectivity index (χ0) is 16.8. The van der Waals surface area contributed by atoms with Gasteiger partial charge in [0.05, 0.1) is 0 Å². The summed E-state index contributed by atoms with van der Waals surface area (Å²) in [7, 11) is 1.92. The van der Waals surface area contributed by atoms with Crippen molar-refractivity contribution in [1.29, 1.82) is 0 Å². The van der Waals surface area contributed by atoms with Crippen molar-refractivity contribution < 1.29 is 9.26 Å². The lowest BCUT2D eigenvalue weighted by Gasteiger charge is -2.18. The summed E-state index contributed by atoms with van der Waals surface area (Å²) in [5.41, 5.74) is 1.19. The average molecular weight is 317 g/mol. The molecule has 1 aromatic heterocycles. The summed E-state index contributed by atoms with van der Waals surface area (Å²) in [4.78, 5) is 4.50. The third-order valence-electron chi connectivity index (χ3n) is 3.92. The summed E-state index contributed by atoms with van der Waals surface area (Å²) in [5.74, 6) is 2.54. The SMILES string of the molecule is CCC(Oc1ccccc1C(C)C)c1nc(CC(C)NC)no1. The molecule has 1 heterocycles. The van der Waals surface area contributed by atoms with Crippen molar-refractivity contribution >= 4 is 0 Å². The minimum Gasteiger partial charge on any atom is -0.480 e. The topological polar surface area (TPSA) is 60.2 Å². The molecule has 2 unspecified atom stereocenters. The van der Waals surface area contributed by atoms with Crippen LogP contribution in [0.3, 0.4) is 0 Å². The summed E-state index contributed by atoms with van der Waals surface area (Å²) < 4.78 is 11.6. The van der Waals surface area contributed by atoms with Gasteiger partial charge in [-0.3, -0.25) is 0 Å². The predicted molar refractivity (Wildman–Crippen MR) is 90.7 cm³/mol. The van der Waals surface area contributed by atoms with E-state index in [2.05, 4.69) is 49.2 Å². The molecule has 1 aromatic carbocycles. The van der Waals surface area contributed by atoms with E-state index >= 15 is 0 Å². The van der Waals surface area contributed by atoms with E-state index in [0.29, 0.717) is 23.7 Å². The number of nitrogens with zero attached hydrogens (tertiary/aromatic N) is 2. The Morgan fingerprint density at radius 1 is 1.22 bits per heavy atom. The molecule has 5 nitrogen and oxygen atoms in total. The molecule has 0 bridgehead atoms. The molecule has 2 aromatic rings. The zero-order valence-corrected chi connectivity index (χ0v) is 14.7. The zero-order valence-electron chi connectivity index (χ0n) is 14.7. The van der Waals surface area contributed by atoms with Crippen LogP contribution in [0.2, 0.25) is 0 Å². The molecule has 0 aliphatic carbocycles. The lowest BCUT2D eigenvalue weighted by Crippen LogP contribution is -2.24. The van der Waals surface area contributed by atoms with Gasteiger partial charge in [-0.05, 0) is 37.9 Å². The van der Waals surface area contributed by atoms with E-state index in [1.54, 1.807) is 0 Å². The highest BCUT2D eigenvalue weighted by Gasteiger charge is 2.21. The maximum Gasteiger partial charge on any atom is 0.267 e. The number of rotatable bonds is 8. The van der Waals surface area contributed by atoms with Gasteiger partial charge in [0.1, 0.15) is 5.75 Å². The van der Waals surface area contributed by atoms with Gasteiger partial charge in [0, 0.05) is 12.5 Å². The lowest BCUT2D eigenvalue weighted by atomic mass is 10.0. The Morgan fingerprint density at radius 2 is 1.96 bits per heavy atom. The summed E-state index contributed by atoms with van der Waals surface area (Å²) >= 11 is 0. The van der Waals surface area contributed by atoms with Crippen LogP contribution in [-0.4, -0.2) is 23.2 Å². The smallest absolute Gasteiger partial charge is 0.267 e. The number of ether oxygens (including phenoxy) is 1. The maximum absolute atomic E-state index is 6.17. The Bertz CT molecular complexity index is 610. The number of nitrogens with one attached hydrogen (secondary N) is 1. The second-order valence-electron chi connectivity index (χ2n) is 6.15. The molecule has 2 atom stereocenters. The van der Waals surface area contributed by atoms with Gasteiger partial charge in [-0.2, -0.15) is 4.98 Å². The van der Waals surface area contributed by atoms with E-state index < -0.39 is 0 Å². The quantitative estimate of drug-likeness (QED) is 0.801.